The molecule has 3 aromatic rings. The Balaban J connectivity index is 1.61. The second-order valence-corrected chi connectivity index (χ2v) is 5.74. The molecular formula is C16H17N3OS. The normalized spacial score (nSPS) is 10.8. The van der Waals surface area contributed by atoms with Crippen LogP contribution in [0.15, 0.2) is 40.2 Å². The standard InChI is InChI=1S/C16H17N3OS/c1-11-14(12(2)20-19-11)8-9-17-16-18-15(10-21-16)13-6-4-3-5-7-13/h3-7,10H,8-9H2,1-2H3,(H,17,18). The van der Waals surface area contributed by atoms with Gasteiger partial charge in [0.2, 0.25) is 0 Å². The Morgan fingerprint density at radius 3 is 2.71 bits per heavy atom. The monoisotopic (exact) mass is 299 g/mol. The van der Waals surface area contributed by atoms with Crippen LogP contribution < -0.4 is 5.32 Å². The first-order chi connectivity index (χ1) is 10.2. The van der Waals surface area contributed by atoms with Gasteiger partial charge in [-0.2, -0.15) is 0 Å². The minimum atomic E-state index is 0.824. The van der Waals surface area contributed by atoms with Gasteiger partial charge in [-0.1, -0.05) is 35.5 Å². The predicted molar refractivity (Wildman–Crippen MR) is 85.7 cm³/mol. The van der Waals surface area contributed by atoms with E-state index >= 15 is 0 Å². The highest BCUT2D eigenvalue weighted by molar-refractivity contribution is 7.14. The molecule has 0 saturated heterocycles. The average molecular weight is 299 g/mol. The third kappa shape index (κ3) is 3.13. The quantitative estimate of drug-likeness (QED) is 0.771. The number of rotatable bonds is 5. The van der Waals surface area contributed by atoms with Crippen molar-refractivity contribution < 1.29 is 4.52 Å². The molecule has 0 aliphatic rings. The molecule has 2 heterocycles. The summed E-state index contributed by atoms with van der Waals surface area (Å²) in [6.07, 6.45) is 0.890. The second kappa shape index (κ2) is 6.10. The molecule has 1 aromatic carbocycles. The summed E-state index contributed by atoms with van der Waals surface area (Å²) in [5.41, 5.74) is 4.31. The van der Waals surface area contributed by atoms with E-state index < -0.39 is 0 Å². The smallest absolute Gasteiger partial charge is 0.183 e. The highest BCUT2D eigenvalue weighted by Gasteiger charge is 2.09. The van der Waals surface area contributed by atoms with Crippen molar-refractivity contribution in [3.63, 3.8) is 0 Å². The number of nitrogens with one attached hydrogen (secondary N) is 1. The molecule has 0 aliphatic heterocycles. The van der Waals surface area contributed by atoms with Crippen molar-refractivity contribution in [2.24, 2.45) is 0 Å². The summed E-state index contributed by atoms with van der Waals surface area (Å²) in [5.74, 6) is 0.901. The maximum absolute atomic E-state index is 5.17. The number of thiazole rings is 1. The SMILES string of the molecule is Cc1noc(C)c1CCNc1nc(-c2ccccc2)cs1. The Kier molecular flexibility index (Phi) is 4.01. The Morgan fingerprint density at radius 1 is 1.19 bits per heavy atom. The van der Waals surface area contributed by atoms with Crippen LogP contribution in [-0.2, 0) is 6.42 Å². The van der Waals surface area contributed by atoms with Crippen molar-refractivity contribution >= 4 is 16.5 Å². The molecule has 3 rings (SSSR count). The van der Waals surface area contributed by atoms with E-state index in [2.05, 4.69) is 33.0 Å². The van der Waals surface area contributed by atoms with Gasteiger partial charge in [0.25, 0.3) is 0 Å². The lowest BCUT2D eigenvalue weighted by atomic mass is 10.1. The van der Waals surface area contributed by atoms with Gasteiger partial charge in [0.1, 0.15) is 5.76 Å². The molecule has 1 N–H and O–H groups in total. The number of aromatic nitrogens is 2. The summed E-state index contributed by atoms with van der Waals surface area (Å²) >= 11 is 1.63. The molecule has 0 aliphatic carbocycles. The maximum atomic E-state index is 5.17. The third-order valence-electron chi connectivity index (χ3n) is 3.41. The van der Waals surface area contributed by atoms with E-state index in [0.29, 0.717) is 0 Å². The van der Waals surface area contributed by atoms with Gasteiger partial charge in [-0.15, -0.1) is 11.3 Å². The first-order valence-electron chi connectivity index (χ1n) is 6.90. The average Bonchev–Trinajstić information content (AvgIpc) is 3.10. The molecule has 0 fully saturated rings. The fourth-order valence-electron chi connectivity index (χ4n) is 2.25. The predicted octanol–water partition coefficient (Wildman–Crippen LogP) is 4.07. The van der Waals surface area contributed by atoms with Crippen LogP contribution >= 0.6 is 11.3 Å². The van der Waals surface area contributed by atoms with Gasteiger partial charge in [0, 0.05) is 23.1 Å². The molecule has 5 heteroatoms. The molecule has 2 aromatic heterocycles. The zero-order valence-corrected chi connectivity index (χ0v) is 12.9. The lowest BCUT2D eigenvalue weighted by Gasteiger charge is -2.02. The van der Waals surface area contributed by atoms with Gasteiger partial charge in [-0.25, -0.2) is 4.98 Å². The Morgan fingerprint density at radius 2 is 2.00 bits per heavy atom. The zero-order valence-electron chi connectivity index (χ0n) is 12.1. The minimum absolute atomic E-state index is 0.824. The number of aryl methyl sites for hydroxylation is 2. The largest absolute Gasteiger partial charge is 0.361 e. The van der Waals surface area contributed by atoms with Gasteiger partial charge in [0.05, 0.1) is 11.4 Å². The Bertz CT molecular complexity index is 699. The van der Waals surface area contributed by atoms with Crippen LogP contribution in [0.1, 0.15) is 17.0 Å². The van der Waals surface area contributed by atoms with Crippen LogP contribution in [0.5, 0.6) is 0 Å². The highest BCUT2D eigenvalue weighted by atomic mass is 32.1. The van der Waals surface area contributed by atoms with E-state index in [1.807, 2.05) is 32.0 Å². The lowest BCUT2D eigenvalue weighted by Crippen LogP contribution is -2.05. The highest BCUT2D eigenvalue weighted by Crippen LogP contribution is 2.24. The van der Waals surface area contributed by atoms with Crippen LogP contribution in [0, 0.1) is 13.8 Å². The second-order valence-electron chi connectivity index (χ2n) is 4.88. The fraction of sp³-hybridized carbons (Fsp3) is 0.250. The van der Waals surface area contributed by atoms with Crippen molar-refractivity contribution in [3.05, 3.63) is 52.7 Å². The lowest BCUT2D eigenvalue weighted by molar-refractivity contribution is 0.392. The molecule has 108 valence electrons. The van der Waals surface area contributed by atoms with Crippen LogP contribution in [0.25, 0.3) is 11.3 Å². The van der Waals surface area contributed by atoms with E-state index in [1.54, 1.807) is 11.3 Å². The van der Waals surface area contributed by atoms with E-state index in [1.165, 1.54) is 5.56 Å². The summed E-state index contributed by atoms with van der Waals surface area (Å²) in [5, 5.41) is 10.4. The molecule has 0 amide bonds. The molecule has 21 heavy (non-hydrogen) atoms. The molecule has 0 unspecified atom stereocenters. The Labute approximate surface area is 127 Å². The minimum Gasteiger partial charge on any atom is -0.361 e. The number of benzene rings is 1. The molecule has 0 saturated carbocycles. The van der Waals surface area contributed by atoms with Crippen LogP contribution in [0.2, 0.25) is 0 Å². The van der Waals surface area contributed by atoms with Crippen LogP contribution in [0.4, 0.5) is 5.13 Å². The summed E-state index contributed by atoms with van der Waals surface area (Å²) < 4.78 is 5.17. The molecule has 0 atom stereocenters. The number of hydrogen-bond donors (Lipinski definition) is 1. The van der Waals surface area contributed by atoms with Gasteiger partial charge < -0.3 is 9.84 Å². The molecule has 4 nitrogen and oxygen atoms in total. The van der Waals surface area contributed by atoms with Crippen LogP contribution in [-0.4, -0.2) is 16.7 Å². The van der Waals surface area contributed by atoms with Crippen molar-refractivity contribution in [2.45, 2.75) is 20.3 Å². The number of nitrogens with zero attached hydrogens (tertiary/aromatic N) is 2. The Hall–Kier alpha value is -2.14. The van der Waals surface area contributed by atoms with Gasteiger partial charge >= 0.3 is 0 Å². The molecule has 0 radical (unpaired) electrons. The van der Waals surface area contributed by atoms with Gasteiger partial charge in [-0.3, -0.25) is 0 Å². The van der Waals surface area contributed by atoms with E-state index in [0.717, 1.165) is 40.8 Å². The number of anilines is 1. The molecule has 0 spiro atoms. The van der Waals surface area contributed by atoms with Crippen molar-refractivity contribution in [1.82, 2.24) is 10.1 Å². The van der Waals surface area contributed by atoms with Crippen molar-refractivity contribution in [2.75, 3.05) is 11.9 Å². The summed E-state index contributed by atoms with van der Waals surface area (Å²) in [6.45, 7) is 4.75. The van der Waals surface area contributed by atoms with E-state index in [9.17, 15) is 0 Å². The van der Waals surface area contributed by atoms with Crippen molar-refractivity contribution in [1.29, 1.82) is 0 Å². The molecule has 0 bridgehead atoms. The summed E-state index contributed by atoms with van der Waals surface area (Å²) in [4.78, 5) is 4.61. The van der Waals surface area contributed by atoms with E-state index in [-0.39, 0.29) is 0 Å². The van der Waals surface area contributed by atoms with Crippen LogP contribution in [0.3, 0.4) is 0 Å². The molecular weight excluding hydrogens is 282 g/mol. The van der Waals surface area contributed by atoms with Gasteiger partial charge in [-0.05, 0) is 20.3 Å². The maximum Gasteiger partial charge on any atom is 0.183 e. The van der Waals surface area contributed by atoms with Gasteiger partial charge in [0.15, 0.2) is 5.13 Å². The van der Waals surface area contributed by atoms with Crippen molar-refractivity contribution in [3.8, 4) is 11.3 Å². The third-order valence-corrected chi connectivity index (χ3v) is 4.21. The first kappa shape index (κ1) is 13.8. The topological polar surface area (TPSA) is 51.0 Å². The summed E-state index contributed by atoms with van der Waals surface area (Å²) in [6, 6.07) is 10.2. The zero-order chi connectivity index (χ0) is 14.7. The number of hydrogen-bond acceptors (Lipinski definition) is 5. The van der Waals surface area contributed by atoms with E-state index in [4.69, 9.17) is 4.52 Å². The summed E-state index contributed by atoms with van der Waals surface area (Å²) in [7, 11) is 0. The fourth-order valence-corrected chi connectivity index (χ4v) is 3.00. The first-order valence-corrected chi connectivity index (χ1v) is 7.78.